The average molecular weight is 252 g/mol. The minimum atomic E-state index is 0.267. The fourth-order valence-corrected chi connectivity index (χ4v) is 3.58. The number of nitrogens with zero attached hydrogens (tertiary/aromatic N) is 1. The highest BCUT2D eigenvalue weighted by molar-refractivity contribution is 5.79. The van der Waals surface area contributed by atoms with Crippen LogP contribution < -0.4 is 5.32 Å². The van der Waals surface area contributed by atoms with Gasteiger partial charge in [0.2, 0.25) is 5.91 Å². The van der Waals surface area contributed by atoms with E-state index in [1.54, 1.807) is 0 Å². The van der Waals surface area contributed by atoms with Crippen LogP contribution >= 0.6 is 0 Å². The van der Waals surface area contributed by atoms with E-state index in [0.717, 1.165) is 25.9 Å². The highest BCUT2D eigenvalue weighted by Gasteiger charge is 2.31. The first kappa shape index (κ1) is 13.9. The van der Waals surface area contributed by atoms with Crippen molar-refractivity contribution in [2.24, 2.45) is 5.92 Å². The predicted octanol–water partition coefficient (Wildman–Crippen LogP) is 2.56. The summed E-state index contributed by atoms with van der Waals surface area (Å²) in [6, 6.07) is 1.03. The van der Waals surface area contributed by atoms with Crippen molar-refractivity contribution in [1.29, 1.82) is 0 Å². The second kappa shape index (κ2) is 6.55. The van der Waals surface area contributed by atoms with E-state index in [9.17, 15) is 4.79 Å². The van der Waals surface area contributed by atoms with E-state index in [2.05, 4.69) is 24.1 Å². The van der Waals surface area contributed by atoms with E-state index in [4.69, 9.17) is 0 Å². The van der Waals surface area contributed by atoms with Crippen LogP contribution in [-0.2, 0) is 4.79 Å². The second-order valence-corrected chi connectivity index (χ2v) is 5.99. The molecular formula is C15H28N2O. The fraction of sp³-hybridized carbons (Fsp3) is 0.933. The van der Waals surface area contributed by atoms with Crippen molar-refractivity contribution in [1.82, 2.24) is 10.2 Å². The van der Waals surface area contributed by atoms with Crippen LogP contribution in [0.3, 0.4) is 0 Å². The maximum Gasteiger partial charge on any atom is 0.226 e. The molecule has 1 amide bonds. The summed E-state index contributed by atoms with van der Waals surface area (Å²) >= 11 is 0. The highest BCUT2D eigenvalue weighted by Crippen LogP contribution is 2.26. The molecule has 2 rings (SSSR count). The standard InChI is InChI=1S/C15H28N2O/c1-3-17(14-7-5-4-6-8-14)15(18)13-9-10-16-12(2)11-13/h12-14,16H,3-11H2,1-2H3. The van der Waals surface area contributed by atoms with Crippen molar-refractivity contribution >= 4 is 5.91 Å². The molecule has 1 heterocycles. The zero-order valence-electron chi connectivity index (χ0n) is 12.0. The van der Waals surface area contributed by atoms with Gasteiger partial charge in [0.05, 0.1) is 0 Å². The van der Waals surface area contributed by atoms with Crippen LogP contribution in [0.1, 0.15) is 58.8 Å². The summed E-state index contributed by atoms with van der Waals surface area (Å²) in [5.74, 6) is 0.695. The average Bonchev–Trinajstić information content (AvgIpc) is 2.41. The molecule has 0 aromatic rings. The monoisotopic (exact) mass is 252 g/mol. The molecule has 1 saturated heterocycles. The summed E-state index contributed by atoms with van der Waals surface area (Å²) in [7, 11) is 0. The first-order valence-corrected chi connectivity index (χ1v) is 7.76. The van der Waals surface area contributed by atoms with Gasteiger partial charge in [0.15, 0.2) is 0 Å². The third kappa shape index (κ3) is 3.25. The molecule has 0 radical (unpaired) electrons. The molecule has 1 N–H and O–H groups in total. The van der Waals surface area contributed by atoms with Crippen molar-refractivity contribution in [3.05, 3.63) is 0 Å². The Labute approximate surface area is 111 Å². The molecule has 104 valence electrons. The van der Waals surface area contributed by atoms with Crippen LogP contribution in [0.5, 0.6) is 0 Å². The minimum absolute atomic E-state index is 0.267. The number of carbonyl (C=O) groups is 1. The van der Waals surface area contributed by atoms with Crippen LogP contribution in [-0.4, -0.2) is 36.0 Å². The molecule has 1 aliphatic carbocycles. The number of nitrogens with one attached hydrogen (secondary N) is 1. The summed E-state index contributed by atoms with van der Waals surface area (Å²) in [5, 5.41) is 3.43. The van der Waals surface area contributed by atoms with Crippen LogP contribution in [0, 0.1) is 5.92 Å². The number of hydrogen-bond acceptors (Lipinski definition) is 2. The van der Waals surface area contributed by atoms with Gasteiger partial charge < -0.3 is 10.2 Å². The molecule has 2 fully saturated rings. The second-order valence-electron chi connectivity index (χ2n) is 5.99. The Kier molecular flexibility index (Phi) is 5.04. The summed E-state index contributed by atoms with van der Waals surface area (Å²) < 4.78 is 0. The fourth-order valence-electron chi connectivity index (χ4n) is 3.58. The SMILES string of the molecule is CCN(C(=O)C1CCNC(C)C1)C1CCCCC1. The maximum absolute atomic E-state index is 12.7. The highest BCUT2D eigenvalue weighted by atomic mass is 16.2. The molecule has 3 nitrogen and oxygen atoms in total. The van der Waals surface area contributed by atoms with Crippen molar-refractivity contribution in [3.8, 4) is 0 Å². The summed E-state index contributed by atoms with van der Waals surface area (Å²) in [6.45, 7) is 6.22. The Balaban J connectivity index is 1.95. The van der Waals surface area contributed by atoms with Crippen LogP contribution in [0.15, 0.2) is 0 Å². The predicted molar refractivity (Wildman–Crippen MR) is 74.4 cm³/mol. The summed E-state index contributed by atoms with van der Waals surface area (Å²) in [5.41, 5.74) is 0. The molecule has 2 unspecified atom stereocenters. The van der Waals surface area contributed by atoms with E-state index in [1.165, 1.54) is 32.1 Å². The van der Waals surface area contributed by atoms with Gasteiger partial charge in [0, 0.05) is 24.5 Å². The van der Waals surface area contributed by atoms with Crippen LogP contribution in [0.4, 0.5) is 0 Å². The smallest absolute Gasteiger partial charge is 0.226 e. The van der Waals surface area contributed by atoms with E-state index >= 15 is 0 Å². The van der Waals surface area contributed by atoms with E-state index in [0.29, 0.717) is 18.0 Å². The van der Waals surface area contributed by atoms with Gasteiger partial charge in [-0.15, -0.1) is 0 Å². The number of rotatable bonds is 3. The van der Waals surface area contributed by atoms with Gasteiger partial charge in [0.25, 0.3) is 0 Å². The van der Waals surface area contributed by atoms with Crippen molar-refractivity contribution in [2.75, 3.05) is 13.1 Å². The lowest BCUT2D eigenvalue weighted by Crippen LogP contribution is -2.48. The van der Waals surface area contributed by atoms with Gasteiger partial charge in [-0.25, -0.2) is 0 Å². The van der Waals surface area contributed by atoms with E-state index < -0.39 is 0 Å². The molecule has 2 aliphatic rings. The Morgan fingerprint density at radius 2 is 1.94 bits per heavy atom. The molecule has 18 heavy (non-hydrogen) atoms. The zero-order chi connectivity index (χ0) is 13.0. The van der Waals surface area contributed by atoms with Gasteiger partial charge in [0.1, 0.15) is 0 Å². The van der Waals surface area contributed by atoms with Gasteiger partial charge in [-0.05, 0) is 46.1 Å². The molecule has 0 spiro atoms. The normalized spacial score (nSPS) is 30.1. The van der Waals surface area contributed by atoms with Crippen molar-refractivity contribution in [3.63, 3.8) is 0 Å². The maximum atomic E-state index is 12.7. The van der Waals surface area contributed by atoms with Crippen molar-refractivity contribution in [2.45, 2.75) is 70.9 Å². The first-order valence-electron chi connectivity index (χ1n) is 7.76. The quantitative estimate of drug-likeness (QED) is 0.837. The number of carbonyl (C=O) groups excluding carboxylic acids is 1. The van der Waals surface area contributed by atoms with E-state index in [1.807, 2.05) is 0 Å². The molecule has 1 aliphatic heterocycles. The third-order valence-corrected chi connectivity index (χ3v) is 4.61. The van der Waals surface area contributed by atoms with Gasteiger partial charge >= 0.3 is 0 Å². The van der Waals surface area contributed by atoms with E-state index in [-0.39, 0.29) is 5.92 Å². The lowest BCUT2D eigenvalue weighted by molar-refractivity contribution is -0.139. The molecule has 2 atom stereocenters. The molecule has 0 bridgehead atoms. The largest absolute Gasteiger partial charge is 0.340 e. The lowest BCUT2D eigenvalue weighted by atomic mass is 9.89. The minimum Gasteiger partial charge on any atom is -0.340 e. The molecule has 0 aromatic carbocycles. The Bertz CT molecular complexity index is 274. The Hall–Kier alpha value is -0.570. The lowest BCUT2D eigenvalue weighted by Gasteiger charge is -2.38. The Morgan fingerprint density at radius 1 is 1.22 bits per heavy atom. The van der Waals surface area contributed by atoms with Gasteiger partial charge in [-0.2, -0.15) is 0 Å². The Morgan fingerprint density at radius 3 is 2.56 bits per heavy atom. The number of amides is 1. The van der Waals surface area contributed by atoms with Crippen molar-refractivity contribution < 1.29 is 4.79 Å². The molecule has 0 aromatic heterocycles. The van der Waals surface area contributed by atoms with Gasteiger partial charge in [-0.3, -0.25) is 4.79 Å². The number of piperidine rings is 1. The molecule has 3 heteroatoms. The van der Waals surface area contributed by atoms with Gasteiger partial charge in [-0.1, -0.05) is 19.3 Å². The first-order chi connectivity index (χ1) is 8.72. The molecule has 1 saturated carbocycles. The zero-order valence-corrected chi connectivity index (χ0v) is 12.0. The van der Waals surface area contributed by atoms with Crippen LogP contribution in [0.25, 0.3) is 0 Å². The van der Waals surface area contributed by atoms with Crippen LogP contribution in [0.2, 0.25) is 0 Å². The summed E-state index contributed by atoms with van der Waals surface area (Å²) in [4.78, 5) is 14.9. The molecular weight excluding hydrogens is 224 g/mol. The third-order valence-electron chi connectivity index (χ3n) is 4.61. The topological polar surface area (TPSA) is 32.3 Å². The summed E-state index contributed by atoms with van der Waals surface area (Å²) in [6.07, 6.45) is 8.44. The number of hydrogen-bond donors (Lipinski definition) is 1.